The van der Waals surface area contributed by atoms with E-state index >= 15 is 0 Å². The first-order chi connectivity index (χ1) is 10.5. The van der Waals surface area contributed by atoms with Crippen molar-refractivity contribution in [2.75, 3.05) is 20.3 Å². The standard InChI is InChI=1S/C16H22O6/c1-5-21-15(18)14(16(19)22-6-2)10(3)11-7-8-12(17)13(9-11)20-4/h7-10,14,17H,5-6H2,1-4H3. The highest BCUT2D eigenvalue weighted by molar-refractivity contribution is 5.96. The number of hydrogen-bond donors (Lipinski definition) is 1. The molecule has 122 valence electrons. The number of carbonyl (C=O) groups excluding carboxylic acids is 2. The van der Waals surface area contributed by atoms with Crippen molar-refractivity contribution in [1.82, 2.24) is 0 Å². The highest BCUT2D eigenvalue weighted by Crippen LogP contribution is 2.33. The van der Waals surface area contributed by atoms with Gasteiger partial charge in [0.25, 0.3) is 0 Å². The van der Waals surface area contributed by atoms with Crippen molar-refractivity contribution < 1.29 is 28.9 Å². The van der Waals surface area contributed by atoms with E-state index in [0.717, 1.165) is 0 Å². The molecule has 1 unspecified atom stereocenters. The number of rotatable bonds is 7. The molecule has 0 amide bonds. The second-order valence-electron chi connectivity index (χ2n) is 4.70. The first-order valence-electron chi connectivity index (χ1n) is 7.16. The Hall–Kier alpha value is -2.24. The lowest BCUT2D eigenvalue weighted by Gasteiger charge is -2.21. The highest BCUT2D eigenvalue weighted by atomic mass is 16.6. The van der Waals surface area contributed by atoms with Crippen LogP contribution in [0.3, 0.4) is 0 Å². The summed E-state index contributed by atoms with van der Waals surface area (Å²) < 4.78 is 15.0. The van der Waals surface area contributed by atoms with Crippen molar-refractivity contribution in [1.29, 1.82) is 0 Å². The summed E-state index contributed by atoms with van der Waals surface area (Å²) in [6, 6.07) is 4.68. The number of hydrogen-bond acceptors (Lipinski definition) is 6. The summed E-state index contributed by atoms with van der Waals surface area (Å²) in [6.45, 7) is 5.44. The Labute approximate surface area is 130 Å². The fraction of sp³-hybridized carbons (Fsp3) is 0.500. The fourth-order valence-electron chi connectivity index (χ4n) is 2.14. The second-order valence-corrected chi connectivity index (χ2v) is 4.70. The number of methoxy groups -OCH3 is 1. The van der Waals surface area contributed by atoms with Gasteiger partial charge in [0.15, 0.2) is 17.4 Å². The van der Waals surface area contributed by atoms with Gasteiger partial charge >= 0.3 is 11.9 Å². The highest BCUT2D eigenvalue weighted by Gasteiger charge is 2.36. The van der Waals surface area contributed by atoms with Crippen molar-refractivity contribution in [2.24, 2.45) is 5.92 Å². The minimum Gasteiger partial charge on any atom is -0.504 e. The molecule has 0 aliphatic rings. The molecule has 0 saturated carbocycles. The minimum absolute atomic E-state index is 0.0118. The van der Waals surface area contributed by atoms with Gasteiger partial charge in [-0.25, -0.2) is 0 Å². The van der Waals surface area contributed by atoms with Crippen molar-refractivity contribution in [2.45, 2.75) is 26.7 Å². The summed E-state index contributed by atoms with van der Waals surface area (Å²) in [6.07, 6.45) is 0. The average molecular weight is 310 g/mol. The lowest BCUT2D eigenvalue weighted by molar-refractivity contribution is -0.162. The summed E-state index contributed by atoms with van der Waals surface area (Å²) in [5.41, 5.74) is 0.667. The molecule has 0 aliphatic carbocycles. The van der Waals surface area contributed by atoms with Crippen molar-refractivity contribution in [3.63, 3.8) is 0 Å². The third-order valence-electron chi connectivity index (χ3n) is 3.31. The zero-order valence-corrected chi connectivity index (χ0v) is 13.3. The van der Waals surface area contributed by atoms with E-state index in [2.05, 4.69) is 0 Å². The maximum Gasteiger partial charge on any atom is 0.320 e. The predicted octanol–water partition coefficient (Wildman–Crippen LogP) is 2.25. The maximum atomic E-state index is 12.1. The smallest absolute Gasteiger partial charge is 0.320 e. The summed E-state index contributed by atoms with van der Waals surface area (Å²) in [7, 11) is 1.43. The molecule has 6 nitrogen and oxygen atoms in total. The van der Waals surface area contributed by atoms with Crippen LogP contribution in [0.2, 0.25) is 0 Å². The van der Waals surface area contributed by atoms with E-state index in [1.54, 1.807) is 32.9 Å². The number of benzene rings is 1. The SMILES string of the molecule is CCOC(=O)C(C(=O)OCC)C(C)c1ccc(O)c(OC)c1. The molecule has 0 spiro atoms. The van der Waals surface area contributed by atoms with Crippen LogP contribution in [0.25, 0.3) is 0 Å². The van der Waals surface area contributed by atoms with Crippen molar-refractivity contribution in [3.05, 3.63) is 23.8 Å². The largest absolute Gasteiger partial charge is 0.504 e. The Morgan fingerprint density at radius 2 is 1.68 bits per heavy atom. The number of ether oxygens (including phenoxy) is 3. The number of carbonyl (C=O) groups is 2. The Balaban J connectivity index is 3.12. The van der Waals surface area contributed by atoms with E-state index in [1.807, 2.05) is 0 Å². The lowest BCUT2D eigenvalue weighted by atomic mass is 9.87. The molecule has 0 aromatic heterocycles. The molecule has 0 bridgehead atoms. The quantitative estimate of drug-likeness (QED) is 0.614. The summed E-state index contributed by atoms with van der Waals surface area (Å²) in [5.74, 6) is -2.53. The van der Waals surface area contributed by atoms with E-state index in [9.17, 15) is 14.7 Å². The van der Waals surface area contributed by atoms with E-state index < -0.39 is 23.8 Å². The van der Waals surface area contributed by atoms with Gasteiger partial charge in [0.05, 0.1) is 20.3 Å². The van der Waals surface area contributed by atoms with Crippen LogP contribution >= 0.6 is 0 Å². The molecule has 22 heavy (non-hydrogen) atoms. The van der Waals surface area contributed by atoms with Crippen LogP contribution in [0.5, 0.6) is 11.5 Å². The van der Waals surface area contributed by atoms with Crippen LogP contribution in [-0.2, 0) is 19.1 Å². The Bertz CT molecular complexity index is 507. The van der Waals surface area contributed by atoms with Crippen LogP contribution in [-0.4, -0.2) is 37.4 Å². The molecule has 6 heteroatoms. The molecular formula is C16H22O6. The van der Waals surface area contributed by atoms with Gasteiger partial charge in [-0.15, -0.1) is 0 Å². The molecule has 1 N–H and O–H groups in total. The third kappa shape index (κ3) is 4.13. The van der Waals surface area contributed by atoms with Gasteiger partial charge in [-0.05, 0) is 31.5 Å². The van der Waals surface area contributed by atoms with Gasteiger partial charge in [0, 0.05) is 5.92 Å². The van der Waals surface area contributed by atoms with E-state index in [1.165, 1.54) is 13.2 Å². The van der Waals surface area contributed by atoms with Crippen molar-refractivity contribution >= 4 is 11.9 Å². The Morgan fingerprint density at radius 3 is 2.14 bits per heavy atom. The fourth-order valence-corrected chi connectivity index (χ4v) is 2.14. The molecule has 0 saturated heterocycles. The number of esters is 2. The molecule has 1 aromatic rings. The number of phenolic OH excluding ortho intramolecular Hbond substituents is 1. The van der Waals surface area contributed by atoms with Crippen molar-refractivity contribution in [3.8, 4) is 11.5 Å². The van der Waals surface area contributed by atoms with Gasteiger partial charge in [-0.1, -0.05) is 13.0 Å². The normalized spacial score (nSPS) is 11.9. The van der Waals surface area contributed by atoms with E-state index in [-0.39, 0.29) is 24.7 Å². The monoisotopic (exact) mass is 310 g/mol. The molecule has 0 fully saturated rings. The first kappa shape index (κ1) is 17.8. The maximum absolute atomic E-state index is 12.1. The van der Waals surface area contributed by atoms with Gasteiger partial charge in [0.2, 0.25) is 0 Å². The minimum atomic E-state index is -1.06. The van der Waals surface area contributed by atoms with Gasteiger partial charge in [-0.2, -0.15) is 0 Å². The number of phenols is 1. The lowest BCUT2D eigenvalue weighted by Crippen LogP contribution is -2.32. The Kier molecular flexibility index (Phi) is 6.69. The molecule has 0 radical (unpaired) electrons. The zero-order valence-electron chi connectivity index (χ0n) is 13.3. The zero-order chi connectivity index (χ0) is 16.7. The topological polar surface area (TPSA) is 82.1 Å². The van der Waals surface area contributed by atoms with Crippen LogP contribution in [0.1, 0.15) is 32.3 Å². The summed E-state index contributed by atoms with van der Waals surface area (Å²) in [4.78, 5) is 24.2. The van der Waals surface area contributed by atoms with Crippen LogP contribution in [0, 0.1) is 5.92 Å². The molecule has 1 atom stereocenters. The van der Waals surface area contributed by atoms with Gasteiger partial charge in [0.1, 0.15) is 0 Å². The summed E-state index contributed by atoms with van der Waals surface area (Å²) >= 11 is 0. The van der Waals surface area contributed by atoms with Gasteiger partial charge in [-0.3, -0.25) is 9.59 Å². The molecule has 0 aliphatic heterocycles. The second kappa shape index (κ2) is 8.26. The van der Waals surface area contributed by atoms with E-state index in [0.29, 0.717) is 5.56 Å². The van der Waals surface area contributed by atoms with Crippen LogP contribution in [0.4, 0.5) is 0 Å². The van der Waals surface area contributed by atoms with Crippen LogP contribution in [0.15, 0.2) is 18.2 Å². The number of aromatic hydroxyl groups is 1. The third-order valence-corrected chi connectivity index (χ3v) is 3.31. The molecule has 1 aromatic carbocycles. The summed E-state index contributed by atoms with van der Waals surface area (Å²) in [5, 5.41) is 9.63. The first-order valence-corrected chi connectivity index (χ1v) is 7.16. The van der Waals surface area contributed by atoms with Gasteiger partial charge < -0.3 is 19.3 Å². The van der Waals surface area contributed by atoms with E-state index in [4.69, 9.17) is 14.2 Å². The predicted molar refractivity (Wildman–Crippen MR) is 79.8 cm³/mol. The van der Waals surface area contributed by atoms with Crippen LogP contribution < -0.4 is 4.74 Å². The Morgan fingerprint density at radius 1 is 1.14 bits per heavy atom. The molecule has 1 rings (SSSR count). The average Bonchev–Trinajstić information content (AvgIpc) is 2.48. The molecular weight excluding hydrogens is 288 g/mol. The molecule has 0 heterocycles.